The normalized spacial score (nSPS) is 13.7. The van der Waals surface area contributed by atoms with Gasteiger partial charge in [0.2, 0.25) is 0 Å². The van der Waals surface area contributed by atoms with E-state index in [0.29, 0.717) is 28.6 Å². The molecule has 2 aromatic carbocycles. The molecule has 2 heterocycles. The van der Waals surface area contributed by atoms with Crippen LogP contribution in [0.2, 0.25) is 0 Å². The van der Waals surface area contributed by atoms with E-state index in [0.717, 1.165) is 17.7 Å². The fourth-order valence-electron chi connectivity index (χ4n) is 3.19. The van der Waals surface area contributed by atoms with Crippen LogP contribution in [-0.4, -0.2) is 39.6 Å². The maximum absolute atomic E-state index is 13.4. The van der Waals surface area contributed by atoms with Gasteiger partial charge in [0.1, 0.15) is 13.2 Å². The number of fused-ring (bicyclic) bond motifs is 3. The molecule has 0 atom stereocenters. The first-order valence-corrected chi connectivity index (χ1v) is 8.90. The Hall–Kier alpha value is -3.04. The van der Waals surface area contributed by atoms with Crippen molar-refractivity contribution in [3.05, 3.63) is 76.9 Å². The van der Waals surface area contributed by atoms with Crippen molar-refractivity contribution in [3.8, 4) is 5.69 Å². The summed E-state index contributed by atoms with van der Waals surface area (Å²) >= 11 is 0. The average molecular weight is 401 g/mol. The van der Waals surface area contributed by atoms with Gasteiger partial charge in [0.05, 0.1) is 17.0 Å². The van der Waals surface area contributed by atoms with E-state index in [1.165, 1.54) is 11.1 Å². The standard InChI is InChI=1S/C20H18F3N5O/c1-27(2)29-12-18-26-25-17-11-24-19(13-6-4-3-5-7-13)15-10-14(20(21,22)23)8-9-16(15)28(17)18/h3-10H,11-12H2,1-2H3. The van der Waals surface area contributed by atoms with Gasteiger partial charge in [-0.3, -0.25) is 14.4 Å². The Labute approximate surface area is 165 Å². The molecule has 150 valence electrons. The molecule has 9 heteroatoms. The van der Waals surface area contributed by atoms with Gasteiger partial charge in [-0.15, -0.1) is 10.2 Å². The molecule has 1 aliphatic rings. The predicted molar refractivity (Wildman–Crippen MR) is 101 cm³/mol. The Morgan fingerprint density at radius 3 is 2.52 bits per heavy atom. The van der Waals surface area contributed by atoms with Gasteiger partial charge in [-0.25, -0.2) is 0 Å². The molecule has 6 nitrogen and oxygen atoms in total. The molecule has 0 saturated carbocycles. The Bertz CT molecular complexity index is 1060. The number of halogens is 3. The first kappa shape index (κ1) is 19.3. The van der Waals surface area contributed by atoms with Crippen LogP contribution in [0.1, 0.15) is 28.3 Å². The minimum atomic E-state index is -4.46. The van der Waals surface area contributed by atoms with Gasteiger partial charge in [-0.2, -0.15) is 18.2 Å². The number of hydroxylamine groups is 2. The van der Waals surface area contributed by atoms with Gasteiger partial charge in [-0.1, -0.05) is 30.3 Å². The van der Waals surface area contributed by atoms with E-state index in [-0.39, 0.29) is 13.2 Å². The first-order chi connectivity index (χ1) is 13.8. The van der Waals surface area contributed by atoms with E-state index in [4.69, 9.17) is 4.84 Å². The molecular weight excluding hydrogens is 383 g/mol. The second-order valence-corrected chi connectivity index (χ2v) is 6.71. The highest BCUT2D eigenvalue weighted by molar-refractivity contribution is 6.15. The summed E-state index contributed by atoms with van der Waals surface area (Å²) in [7, 11) is 3.47. The highest BCUT2D eigenvalue weighted by Crippen LogP contribution is 2.34. The van der Waals surface area contributed by atoms with Crippen LogP contribution in [-0.2, 0) is 24.2 Å². The van der Waals surface area contributed by atoms with Crippen LogP contribution >= 0.6 is 0 Å². The van der Waals surface area contributed by atoms with Crippen molar-refractivity contribution in [2.75, 3.05) is 14.1 Å². The molecule has 29 heavy (non-hydrogen) atoms. The van der Waals surface area contributed by atoms with Gasteiger partial charge in [0, 0.05) is 25.2 Å². The average Bonchev–Trinajstić information content (AvgIpc) is 3.01. The summed E-state index contributed by atoms with van der Waals surface area (Å²) in [6, 6.07) is 12.8. The fourth-order valence-corrected chi connectivity index (χ4v) is 3.19. The molecule has 0 unspecified atom stereocenters. The SMILES string of the molecule is CN(C)OCc1nnc2n1-c1ccc(C(F)(F)F)cc1C(c1ccccc1)=NC2. The zero-order chi connectivity index (χ0) is 20.6. The number of hydrogen-bond acceptors (Lipinski definition) is 5. The van der Waals surface area contributed by atoms with Crippen molar-refractivity contribution < 1.29 is 18.0 Å². The molecule has 0 saturated heterocycles. The van der Waals surface area contributed by atoms with E-state index in [1.54, 1.807) is 18.7 Å². The summed E-state index contributed by atoms with van der Waals surface area (Å²) < 4.78 is 42.0. The quantitative estimate of drug-likeness (QED) is 0.627. The van der Waals surface area contributed by atoms with Crippen molar-refractivity contribution in [1.29, 1.82) is 0 Å². The zero-order valence-corrected chi connectivity index (χ0v) is 15.8. The molecule has 0 bridgehead atoms. The Kier molecular flexibility index (Phi) is 4.93. The summed E-state index contributed by atoms with van der Waals surface area (Å²) in [5.74, 6) is 1.02. The van der Waals surface area contributed by atoms with E-state index >= 15 is 0 Å². The molecule has 0 amide bonds. The van der Waals surface area contributed by atoms with Gasteiger partial charge in [0.25, 0.3) is 0 Å². The second-order valence-electron chi connectivity index (χ2n) is 6.71. The molecule has 1 aromatic heterocycles. The van der Waals surface area contributed by atoms with Crippen LogP contribution < -0.4 is 0 Å². The lowest BCUT2D eigenvalue weighted by molar-refractivity contribution is -0.137. The van der Waals surface area contributed by atoms with Crippen LogP contribution in [0.25, 0.3) is 5.69 Å². The first-order valence-electron chi connectivity index (χ1n) is 8.90. The summed E-state index contributed by atoms with van der Waals surface area (Å²) in [5, 5.41) is 9.85. The van der Waals surface area contributed by atoms with Gasteiger partial charge in [0.15, 0.2) is 11.6 Å². The molecule has 3 aromatic rings. The van der Waals surface area contributed by atoms with E-state index in [2.05, 4.69) is 15.2 Å². The molecule has 0 radical (unpaired) electrons. The zero-order valence-electron chi connectivity index (χ0n) is 15.8. The van der Waals surface area contributed by atoms with E-state index < -0.39 is 11.7 Å². The highest BCUT2D eigenvalue weighted by Gasteiger charge is 2.33. The maximum Gasteiger partial charge on any atom is 0.416 e. The van der Waals surface area contributed by atoms with Gasteiger partial charge in [-0.05, 0) is 18.2 Å². The van der Waals surface area contributed by atoms with Crippen LogP contribution in [0.4, 0.5) is 13.2 Å². The van der Waals surface area contributed by atoms with E-state index in [9.17, 15) is 13.2 Å². The molecule has 0 N–H and O–H groups in total. The minimum absolute atomic E-state index is 0.126. The van der Waals surface area contributed by atoms with Crippen molar-refractivity contribution in [1.82, 2.24) is 19.8 Å². The lowest BCUT2D eigenvalue weighted by atomic mass is 9.98. The number of alkyl halides is 3. The van der Waals surface area contributed by atoms with Crippen molar-refractivity contribution >= 4 is 5.71 Å². The van der Waals surface area contributed by atoms with Gasteiger partial charge < -0.3 is 0 Å². The minimum Gasteiger partial charge on any atom is -0.291 e. The second kappa shape index (κ2) is 7.41. The third kappa shape index (κ3) is 3.79. The summed E-state index contributed by atoms with van der Waals surface area (Å²) in [6.45, 7) is 0.316. The van der Waals surface area contributed by atoms with E-state index in [1.807, 2.05) is 30.3 Å². The lowest BCUT2D eigenvalue weighted by Crippen LogP contribution is -2.16. The summed E-state index contributed by atoms with van der Waals surface area (Å²) in [4.78, 5) is 10.1. The maximum atomic E-state index is 13.4. The number of aromatic nitrogens is 3. The third-order valence-electron chi connectivity index (χ3n) is 4.49. The fraction of sp³-hybridized carbons (Fsp3) is 0.250. The molecular formula is C20H18F3N5O. The lowest BCUT2D eigenvalue weighted by Gasteiger charge is -2.17. The largest absolute Gasteiger partial charge is 0.416 e. The Balaban J connectivity index is 1.91. The Morgan fingerprint density at radius 2 is 1.83 bits per heavy atom. The van der Waals surface area contributed by atoms with Crippen molar-refractivity contribution in [2.24, 2.45) is 4.99 Å². The molecule has 1 aliphatic heterocycles. The topological polar surface area (TPSA) is 55.5 Å². The number of aliphatic imine (C=N–C) groups is 1. The highest BCUT2D eigenvalue weighted by atomic mass is 19.4. The molecule has 0 aliphatic carbocycles. The van der Waals surface area contributed by atoms with Crippen LogP contribution in [0.5, 0.6) is 0 Å². The van der Waals surface area contributed by atoms with Crippen LogP contribution in [0.3, 0.4) is 0 Å². The summed E-state index contributed by atoms with van der Waals surface area (Å²) in [6.07, 6.45) is -4.46. The van der Waals surface area contributed by atoms with Gasteiger partial charge >= 0.3 is 6.18 Å². The molecule has 0 fully saturated rings. The molecule has 4 rings (SSSR count). The predicted octanol–water partition coefficient (Wildman–Crippen LogP) is 3.63. The number of nitrogens with zero attached hydrogens (tertiary/aromatic N) is 5. The van der Waals surface area contributed by atoms with Crippen molar-refractivity contribution in [2.45, 2.75) is 19.3 Å². The summed E-state index contributed by atoms with van der Waals surface area (Å²) in [5.41, 5.74) is 1.39. The monoisotopic (exact) mass is 401 g/mol. The molecule has 0 spiro atoms. The number of benzene rings is 2. The Morgan fingerprint density at radius 1 is 1.07 bits per heavy atom. The smallest absolute Gasteiger partial charge is 0.291 e. The number of hydrogen-bond donors (Lipinski definition) is 0. The number of rotatable bonds is 4. The third-order valence-corrected chi connectivity index (χ3v) is 4.49. The van der Waals surface area contributed by atoms with Crippen LogP contribution in [0.15, 0.2) is 53.5 Å². The van der Waals surface area contributed by atoms with Crippen LogP contribution in [0, 0.1) is 0 Å². The van der Waals surface area contributed by atoms with Crippen molar-refractivity contribution in [3.63, 3.8) is 0 Å².